The molecule has 0 saturated carbocycles. The van der Waals surface area contributed by atoms with Crippen molar-refractivity contribution in [2.24, 2.45) is 0 Å². The summed E-state index contributed by atoms with van der Waals surface area (Å²) in [5.74, 6) is -0.762. The molecule has 1 aromatic heterocycles. The minimum atomic E-state index is -0.663. The molecule has 0 fully saturated rings. The quantitative estimate of drug-likeness (QED) is 0.805. The first kappa shape index (κ1) is 12.2. The van der Waals surface area contributed by atoms with Crippen LogP contribution in [0.3, 0.4) is 0 Å². The van der Waals surface area contributed by atoms with E-state index in [0.29, 0.717) is 5.56 Å². The summed E-state index contributed by atoms with van der Waals surface area (Å²) < 4.78 is 4.55. The number of benzene rings is 1. The van der Waals surface area contributed by atoms with E-state index in [1.807, 2.05) is 18.3 Å². The summed E-state index contributed by atoms with van der Waals surface area (Å²) in [6, 6.07) is 6.52. The van der Waals surface area contributed by atoms with Crippen LogP contribution in [0.2, 0.25) is 0 Å². The number of rotatable bonds is 3. The maximum Gasteiger partial charge on any atom is 0.328 e. The lowest BCUT2D eigenvalue weighted by Crippen LogP contribution is -2.39. The Balaban J connectivity index is 2.15. The van der Waals surface area contributed by atoms with Gasteiger partial charge in [-0.25, -0.2) is 4.79 Å². The van der Waals surface area contributed by atoms with Crippen molar-refractivity contribution in [3.63, 3.8) is 0 Å². The van der Waals surface area contributed by atoms with Crippen LogP contribution in [0.15, 0.2) is 30.5 Å². The number of methoxy groups -OCH3 is 1. The Labute approximate surface area is 104 Å². The highest BCUT2D eigenvalue weighted by molar-refractivity contribution is 5.99. The predicted octanol–water partition coefficient (Wildman–Crippen LogP) is 1.46. The van der Waals surface area contributed by atoms with Crippen molar-refractivity contribution in [1.82, 2.24) is 10.3 Å². The van der Waals surface area contributed by atoms with E-state index in [1.165, 1.54) is 7.11 Å². The van der Waals surface area contributed by atoms with E-state index in [2.05, 4.69) is 15.0 Å². The van der Waals surface area contributed by atoms with E-state index >= 15 is 0 Å². The van der Waals surface area contributed by atoms with Gasteiger partial charge in [0, 0.05) is 22.7 Å². The highest BCUT2D eigenvalue weighted by Crippen LogP contribution is 2.14. The van der Waals surface area contributed by atoms with Gasteiger partial charge in [-0.15, -0.1) is 0 Å². The third kappa shape index (κ3) is 2.34. The molecular weight excluding hydrogens is 232 g/mol. The molecule has 1 unspecified atom stereocenters. The lowest BCUT2D eigenvalue weighted by atomic mass is 10.1. The fraction of sp³-hybridized carbons (Fsp3) is 0.231. The van der Waals surface area contributed by atoms with Crippen molar-refractivity contribution in [2.75, 3.05) is 7.11 Å². The van der Waals surface area contributed by atoms with Crippen LogP contribution in [-0.2, 0) is 9.53 Å². The molecule has 1 heterocycles. The Morgan fingerprint density at radius 2 is 2.11 bits per heavy atom. The summed E-state index contributed by atoms with van der Waals surface area (Å²) >= 11 is 0. The van der Waals surface area contributed by atoms with E-state index in [4.69, 9.17) is 0 Å². The molecule has 2 N–H and O–H groups in total. The minimum Gasteiger partial charge on any atom is -0.467 e. The van der Waals surface area contributed by atoms with Gasteiger partial charge in [0.25, 0.3) is 5.91 Å². The molecule has 18 heavy (non-hydrogen) atoms. The molecule has 0 saturated heterocycles. The van der Waals surface area contributed by atoms with Crippen LogP contribution in [-0.4, -0.2) is 30.0 Å². The third-order valence-electron chi connectivity index (χ3n) is 2.72. The molecule has 1 atom stereocenters. The number of H-pyrrole nitrogens is 1. The second kappa shape index (κ2) is 4.91. The smallest absolute Gasteiger partial charge is 0.328 e. The number of ether oxygens (including phenoxy) is 1. The van der Waals surface area contributed by atoms with E-state index < -0.39 is 12.0 Å². The van der Waals surface area contributed by atoms with Gasteiger partial charge >= 0.3 is 5.97 Å². The van der Waals surface area contributed by atoms with Gasteiger partial charge in [0.15, 0.2) is 0 Å². The second-order valence-electron chi connectivity index (χ2n) is 4.00. The highest BCUT2D eigenvalue weighted by atomic mass is 16.5. The first-order chi connectivity index (χ1) is 8.61. The maximum absolute atomic E-state index is 11.9. The Hall–Kier alpha value is -2.30. The Morgan fingerprint density at radius 1 is 1.33 bits per heavy atom. The molecular formula is C13H14N2O3. The number of hydrogen-bond acceptors (Lipinski definition) is 3. The zero-order valence-corrected chi connectivity index (χ0v) is 10.2. The van der Waals surface area contributed by atoms with E-state index in [-0.39, 0.29) is 5.91 Å². The van der Waals surface area contributed by atoms with E-state index in [9.17, 15) is 9.59 Å². The first-order valence-corrected chi connectivity index (χ1v) is 5.57. The maximum atomic E-state index is 11.9. The number of hydrogen-bond donors (Lipinski definition) is 2. The Bertz CT molecular complexity index is 589. The van der Waals surface area contributed by atoms with Crippen LogP contribution >= 0.6 is 0 Å². The summed E-state index contributed by atoms with van der Waals surface area (Å²) in [7, 11) is 1.29. The summed E-state index contributed by atoms with van der Waals surface area (Å²) in [4.78, 5) is 26.2. The number of aromatic nitrogens is 1. The van der Waals surface area contributed by atoms with Gasteiger partial charge < -0.3 is 15.0 Å². The molecule has 94 valence electrons. The number of esters is 1. The van der Waals surface area contributed by atoms with Gasteiger partial charge in [-0.05, 0) is 31.2 Å². The SMILES string of the molecule is COC(=O)C(C)NC(=O)c1ccc2[nH]ccc2c1. The molecule has 1 aromatic carbocycles. The topological polar surface area (TPSA) is 71.2 Å². The minimum absolute atomic E-state index is 0.295. The van der Waals surface area contributed by atoms with E-state index in [1.54, 1.807) is 19.1 Å². The molecule has 0 spiro atoms. The number of carbonyl (C=O) groups excluding carboxylic acids is 2. The normalized spacial score (nSPS) is 12.1. The zero-order chi connectivity index (χ0) is 13.1. The van der Waals surface area contributed by atoms with Gasteiger partial charge in [0.2, 0.25) is 0 Å². The molecule has 0 aliphatic rings. The number of aromatic amines is 1. The fourth-order valence-corrected chi connectivity index (χ4v) is 1.71. The lowest BCUT2D eigenvalue weighted by Gasteiger charge is -2.11. The van der Waals surface area contributed by atoms with E-state index in [0.717, 1.165) is 10.9 Å². The van der Waals surface area contributed by atoms with Crippen LogP contribution in [0, 0.1) is 0 Å². The average Bonchev–Trinajstić information content (AvgIpc) is 2.84. The molecule has 1 amide bonds. The zero-order valence-electron chi connectivity index (χ0n) is 10.2. The molecule has 0 aliphatic heterocycles. The molecule has 0 radical (unpaired) electrons. The average molecular weight is 246 g/mol. The molecule has 0 aliphatic carbocycles. The van der Waals surface area contributed by atoms with Gasteiger partial charge in [0.1, 0.15) is 6.04 Å². The molecule has 0 bridgehead atoms. The molecule has 5 nitrogen and oxygen atoms in total. The van der Waals surface area contributed by atoms with Crippen LogP contribution in [0.4, 0.5) is 0 Å². The molecule has 2 rings (SSSR count). The van der Waals surface area contributed by atoms with Gasteiger partial charge in [-0.3, -0.25) is 4.79 Å². The standard InChI is InChI=1S/C13H14N2O3/c1-8(13(17)18-2)15-12(16)10-3-4-11-9(7-10)5-6-14-11/h3-8,14H,1-2H3,(H,15,16). The van der Waals surface area contributed by atoms with Crippen molar-refractivity contribution in [2.45, 2.75) is 13.0 Å². The number of amides is 1. The predicted molar refractivity (Wildman–Crippen MR) is 67.2 cm³/mol. The van der Waals surface area contributed by atoms with Crippen molar-refractivity contribution in [3.05, 3.63) is 36.0 Å². The molecule has 5 heteroatoms. The van der Waals surface area contributed by atoms with Crippen molar-refractivity contribution in [1.29, 1.82) is 0 Å². The lowest BCUT2D eigenvalue weighted by molar-refractivity contribution is -0.142. The van der Waals surface area contributed by atoms with Crippen LogP contribution < -0.4 is 5.32 Å². The number of fused-ring (bicyclic) bond motifs is 1. The number of carbonyl (C=O) groups is 2. The van der Waals surface area contributed by atoms with Crippen molar-refractivity contribution >= 4 is 22.8 Å². The van der Waals surface area contributed by atoms with Crippen LogP contribution in [0.25, 0.3) is 10.9 Å². The summed E-state index contributed by atoms with van der Waals surface area (Å²) in [5.41, 5.74) is 1.48. The van der Waals surface area contributed by atoms with Gasteiger partial charge in [-0.2, -0.15) is 0 Å². The van der Waals surface area contributed by atoms with Crippen LogP contribution in [0.1, 0.15) is 17.3 Å². The second-order valence-corrected chi connectivity index (χ2v) is 4.00. The van der Waals surface area contributed by atoms with Crippen LogP contribution in [0.5, 0.6) is 0 Å². The summed E-state index contributed by atoms with van der Waals surface area (Å²) in [6.45, 7) is 1.58. The monoisotopic (exact) mass is 246 g/mol. The van der Waals surface area contributed by atoms with Gasteiger partial charge in [-0.1, -0.05) is 0 Å². The van der Waals surface area contributed by atoms with Crippen molar-refractivity contribution in [3.8, 4) is 0 Å². The third-order valence-corrected chi connectivity index (χ3v) is 2.72. The van der Waals surface area contributed by atoms with Crippen molar-refractivity contribution < 1.29 is 14.3 Å². The fourth-order valence-electron chi connectivity index (χ4n) is 1.71. The highest BCUT2D eigenvalue weighted by Gasteiger charge is 2.16. The summed E-state index contributed by atoms with van der Waals surface area (Å²) in [5, 5.41) is 3.53. The largest absolute Gasteiger partial charge is 0.467 e. The summed E-state index contributed by atoms with van der Waals surface area (Å²) in [6.07, 6.45) is 1.81. The van der Waals surface area contributed by atoms with Gasteiger partial charge in [0.05, 0.1) is 7.11 Å². The Kier molecular flexibility index (Phi) is 3.32. The number of nitrogens with one attached hydrogen (secondary N) is 2. The first-order valence-electron chi connectivity index (χ1n) is 5.57. The Morgan fingerprint density at radius 3 is 2.83 bits per heavy atom. The molecule has 2 aromatic rings.